The van der Waals surface area contributed by atoms with Gasteiger partial charge >= 0.3 is 0 Å². The van der Waals surface area contributed by atoms with Gasteiger partial charge in [0.25, 0.3) is 5.91 Å². The summed E-state index contributed by atoms with van der Waals surface area (Å²) in [5, 5.41) is 21.0. The molecular formula is C23H23ClN4O3. The molecule has 1 fully saturated rings. The largest absolute Gasteiger partial charge is 0.497 e. The number of nitrogens with zero attached hydrogens (tertiary/aromatic N) is 4. The number of piperazine rings is 1. The molecule has 160 valence electrons. The second-order valence-corrected chi connectivity index (χ2v) is 7.96. The molecule has 0 saturated carbocycles. The van der Waals surface area contributed by atoms with Gasteiger partial charge in [0.1, 0.15) is 17.4 Å². The van der Waals surface area contributed by atoms with E-state index in [0.717, 1.165) is 11.3 Å². The summed E-state index contributed by atoms with van der Waals surface area (Å²) in [6.45, 7) is 2.11. The van der Waals surface area contributed by atoms with Gasteiger partial charge in [-0.2, -0.15) is 5.26 Å². The zero-order valence-corrected chi connectivity index (χ0v) is 18.1. The molecule has 1 saturated heterocycles. The number of amides is 1. The molecule has 2 aliphatic heterocycles. The van der Waals surface area contributed by atoms with Gasteiger partial charge in [0.2, 0.25) is 0 Å². The van der Waals surface area contributed by atoms with Crippen LogP contribution >= 0.6 is 11.6 Å². The van der Waals surface area contributed by atoms with E-state index in [1.165, 1.54) is 0 Å². The Morgan fingerprint density at radius 3 is 2.45 bits per heavy atom. The minimum atomic E-state index is -1.03. The van der Waals surface area contributed by atoms with Gasteiger partial charge in [-0.15, -0.1) is 0 Å². The van der Waals surface area contributed by atoms with Crippen LogP contribution in [-0.4, -0.2) is 67.4 Å². The molecule has 2 aliphatic rings. The van der Waals surface area contributed by atoms with Crippen molar-refractivity contribution < 1.29 is 14.6 Å². The van der Waals surface area contributed by atoms with Crippen molar-refractivity contribution in [1.82, 2.24) is 9.80 Å². The van der Waals surface area contributed by atoms with Crippen LogP contribution in [0.5, 0.6) is 5.75 Å². The zero-order valence-electron chi connectivity index (χ0n) is 17.4. The molecule has 8 heteroatoms. The number of hydrogen-bond donors (Lipinski definition) is 1. The Kier molecular flexibility index (Phi) is 5.77. The Labute approximate surface area is 186 Å². The Hall–Kier alpha value is -3.21. The van der Waals surface area contributed by atoms with Gasteiger partial charge in [0.05, 0.1) is 12.8 Å². The van der Waals surface area contributed by atoms with Crippen molar-refractivity contribution in [3.63, 3.8) is 0 Å². The van der Waals surface area contributed by atoms with Crippen LogP contribution in [0.4, 0.5) is 5.69 Å². The van der Waals surface area contributed by atoms with E-state index < -0.39 is 6.23 Å². The number of likely N-dealkylation sites (N-methyl/N-ethyl adjacent to an activating group) is 1. The number of ether oxygens (including phenoxy) is 1. The van der Waals surface area contributed by atoms with Gasteiger partial charge in [-0.25, -0.2) is 0 Å². The number of benzene rings is 2. The number of carbonyl (C=O) groups is 1. The van der Waals surface area contributed by atoms with Gasteiger partial charge in [-0.1, -0.05) is 11.6 Å². The van der Waals surface area contributed by atoms with Crippen LogP contribution in [0.2, 0.25) is 5.02 Å². The van der Waals surface area contributed by atoms with Gasteiger partial charge in [0, 0.05) is 55.1 Å². The lowest BCUT2D eigenvalue weighted by Gasteiger charge is -2.42. The highest BCUT2D eigenvalue weighted by Gasteiger charge is 2.34. The summed E-state index contributed by atoms with van der Waals surface area (Å²) in [4.78, 5) is 18.4. The van der Waals surface area contributed by atoms with Crippen LogP contribution in [0.3, 0.4) is 0 Å². The van der Waals surface area contributed by atoms with Crippen molar-refractivity contribution in [3.05, 3.63) is 64.2 Å². The first-order chi connectivity index (χ1) is 14.9. The van der Waals surface area contributed by atoms with E-state index >= 15 is 0 Å². The summed E-state index contributed by atoms with van der Waals surface area (Å²) in [5.74, 6) is 0.666. The molecule has 1 N–H and O–H groups in total. The average Bonchev–Trinajstić information content (AvgIpc) is 2.81. The number of aliphatic hydroxyl groups excluding tert-OH is 1. The SMILES string of the molecule is COc1ccc(C(=O)N2CCN(C3=C(C#N)C(O)N(C)c4ccc(Cl)cc43)CC2)cc1. The van der Waals surface area contributed by atoms with E-state index in [0.29, 0.717) is 48.2 Å². The van der Waals surface area contributed by atoms with Gasteiger partial charge in [-0.05, 0) is 42.5 Å². The van der Waals surface area contributed by atoms with Crippen LogP contribution in [0.25, 0.3) is 5.70 Å². The first-order valence-electron chi connectivity index (χ1n) is 9.98. The highest BCUT2D eigenvalue weighted by atomic mass is 35.5. The average molecular weight is 439 g/mol. The standard InChI is InChI=1S/C23H23ClN4O3/c1-26-20-8-5-16(24)13-18(20)21(19(14-25)23(26)30)27-9-11-28(12-10-27)22(29)15-3-6-17(31-2)7-4-15/h3-8,13,23,30H,9-12H2,1-2H3. The van der Waals surface area contributed by atoms with E-state index in [1.54, 1.807) is 54.3 Å². The minimum Gasteiger partial charge on any atom is -0.497 e. The summed E-state index contributed by atoms with van der Waals surface area (Å²) in [5.41, 5.74) is 3.20. The van der Waals surface area contributed by atoms with Crippen LogP contribution in [0.1, 0.15) is 15.9 Å². The molecule has 0 radical (unpaired) electrons. The second-order valence-electron chi connectivity index (χ2n) is 7.53. The molecule has 2 aromatic rings. The molecule has 2 aromatic carbocycles. The summed E-state index contributed by atoms with van der Waals surface area (Å²) in [6.07, 6.45) is -1.03. The van der Waals surface area contributed by atoms with Gasteiger partial charge < -0.3 is 24.5 Å². The molecule has 0 spiro atoms. The molecule has 4 rings (SSSR count). The molecule has 2 heterocycles. The lowest BCUT2D eigenvalue weighted by molar-refractivity contribution is 0.0684. The number of aliphatic hydroxyl groups is 1. The quantitative estimate of drug-likeness (QED) is 0.793. The van der Waals surface area contributed by atoms with Crippen molar-refractivity contribution in [2.24, 2.45) is 0 Å². The maximum atomic E-state index is 12.9. The van der Waals surface area contributed by atoms with E-state index in [-0.39, 0.29) is 11.5 Å². The third-order valence-corrected chi connectivity index (χ3v) is 6.05. The number of nitriles is 1. The predicted octanol–water partition coefficient (Wildman–Crippen LogP) is 2.81. The van der Waals surface area contributed by atoms with Crippen molar-refractivity contribution in [3.8, 4) is 11.8 Å². The molecule has 7 nitrogen and oxygen atoms in total. The summed E-state index contributed by atoms with van der Waals surface area (Å²) < 4.78 is 5.15. The fourth-order valence-electron chi connectivity index (χ4n) is 4.10. The Bertz CT molecular complexity index is 1070. The molecular weight excluding hydrogens is 416 g/mol. The molecule has 31 heavy (non-hydrogen) atoms. The highest BCUT2D eigenvalue weighted by molar-refractivity contribution is 6.31. The first kappa shape index (κ1) is 21.0. The van der Waals surface area contributed by atoms with Gasteiger partial charge in [-0.3, -0.25) is 4.79 Å². The molecule has 0 aromatic heterocycles. The summed E-state index contributed by atoms with van der Waals surface area (Å²) in [7, 11) is 3.34. The minimum absolute atomic E-state index is 0.0383. The molecule has 1 amide bonds. The Morgan fingerprint density at radius 2 is 1.84 bits per heavy atom. The number of anilines is 1. The molecule has 1 atom stereocenters. The van der Waals surface area contributed by atoms with E-state index in [4.69, 9.17) is 16.3 Å². The third kappa shape index (κ3) is 3.80. The number of halogens is 1. The van der Waals surface area contributed by atoms with Gasteiger partial charge in [0.15, 0.2) is 6.23 Å². The fourth-order valence-corrected chi connectivity index (χ4v) is 4.27. The molecule has 0 bridgehead atoms. The predicted molar refractivity (Wildman–Crippen MR) is 119 cm³/mol. The number of fused-ring (bicyclic) bond motifs is 1. The maximum Gasteiger partial charge on any atom is 0.253 e. The third-order valence-electron chi connectivity index (χ3n) is 5.81. The normalized spacial score (nSPS) is 18.5. The van der Waals surface area contributed by atoms with E-state index in [2.05, 4.69) is 11.0 Å². The fraction of sp³-hybridized carbons (Fsp3) is 0.304. The second kappa shape index (κ2) is 8.50. The lowest BCUT2D eigenvalue weighted by atomic mass is 9.96. The number of carbonyl (C=O) groups excluding carboxylic acids is 1. The smallest absolute Gasteiger partial charge is 0.253 e. The van der Waals surface area contributed by atoms with Crippen LogP contribution in [0.15, 0.2) is 48.0 Å². The number of rotatable bonds is 3. The summed E-state index contributed by atoms with van der Waals surface area (Å²) >= 11 is 6.24. The Balaban J connectivity index is 1.57. The van der Waals surface area contributed by atoms with Crippen molar-refractivity contribution in [1.29, 1.82) is 5.26 Å². The van der Waals surface area contributed by atoms with Crippen molar-refractivity contribution in [2.75, 3.05) is 45.2 Å². The van der Waals surface area contributed by atoms with E-state index in [9.17, 15) is 15.2 Å². The number of hydrogen-bond acceptors (Lipinski definition) is 6. The monoisotopic (exact) mass is 438 g/mol. The highest BCUT2D eigenvalue weighted by Crippen LogP contribution is 2.40. The first-order valence-corrected chi connectivity index (χ1v) is 10.4. The van der Waals surface area contributed by atoms with E-state index in [1.807, 2.05) is 12.1 Å². The zero-order chi connectivity index (χ0) is 22.1. The molecule has 1 unspecified atom stereocenters. The summed E-state index contributed by atoms with van der Waals surface area (Å²) in [6, 6.07) is 14.7. The van der Waals surface area contributed by atoms with Crippen LogP contribution in [0, 0.1) is 11.3 Å². The molecule has 0 aliphatic carbocycles. The van der Waals surface area contributed by atoms with Crippen molar-refractivity contribution >= 4 is 28.9 Å². The Morgan fingerprint density at radius 1 is 1.16 bits per heavy atom. The lowest BCUT2D eigenvalue weighted by Crippen LogP contribution is -2.49. The van der Waals surface area contributed by atoms with Crippen LogP contribution < -0.4 is 9.64 Å². The maximum absolute atomic E-state index is 12.9. The van der Waals surface area contributed by atoms with Crippen molar-refractivity contribution in [2.45, 2.75) is 6.23 Å². The number of methoxy groups -OCH3 is 1. The van der Waals surface area contributed by atoms with Crippen LogP contribution in [-0.2, 0) is 0 Å². The topological polar surface area (TPSA) is 80.0 Å².